The largest absolute Gasteiger partial charge is 0.374 e. The molecule has 180 valence electrons. The number of carbonyl (C=O) groups is 1. The molecule has 1 N–H and O–H groups in total. The highest BCUT2D eigenvalue weighted by molar-refractivity contribution is 5.91. The first-order chi connectivity index (χ1) is 16.1. The molecule has 0 spiro atoms. The predicted octanol–water partition coefficient (Wildman–Crippen LogP) is 5.29. The lowest BCUT2D eigenvalue weighted by Gasteiger charge is -2.39. The van der Waals surface area contributed by atoms with Gasteiger partial charge in [0.05, 0.1) is 18.4 Å². The molecule has 0 radical (unpaired) electrons. The minimum atomic E-state index is -0.474. The summed E-state index contributed by atoms with van der Waals surface area (Å²) in [6, 6.07) is 4.77. The standard InChI is InChI=1S/C26H32FN5O2/c1-7-23-28-13-17-11-19(16(3)29-24(17)31-23)18-12-21(20(27)10-15(18)2)30-25(33)32-8-9-34-22(14-32)26(4,5)6/h10-13,22H,7-9,14H2,1-6H3,(H,30,33)/t22-/m1/s1. The Morgan fingerprint density at radius 2 is 1.97 bits per heavy atom. The molecule has 2 aromatic heterocycles. The average molecular weight is 466 g/mol. The van der Waals surface area contributed by atoms with Gasteiger partial charge in [-0.2, -0.15) is 0 Å². The van der Waals surface area contributed by atoms with E-state index in [-0.39, 0.29) is 23.2 Å². The molecule has 1 fully saturated rings. The highest BCUT2D eigenvalue weighted by Gasteiger charge is 2.32. The molecule has 4 rings (SSSR count). The molecule has 1 saturated heterocycles. The molecule has 1 aliphatic rings. The number of halogens is 1. The number of hydrogen-bond acceptors (Lipinski definition) is 5. The topological polar surface area (TPSA) is 80.2 Å². The molecule has 34 heavy (non-hydrogen) atoms. The van der Waals surface area contributed by atoms with Gasteiger partial charge in [0.25, 0.3) is 0 Å². The van der Waals surface area contributed by atoms with Gasteiger partial charge >= 0.3 is 6.03 Å². The zero-order valence-corrected chi connectivity index (χ0v) is 20.7. The van der Waals surface area contributed by atoms with Crippen molar-refractivity contribution in [1.82, 2.24) is 19.9 Å². The third-order valence-corrected chi connectivity index (χ3v) is 6.29. The molecule has 2 amide bonds. The summed E-state index contributed by atoms with van der Waals surface area (Å²) in [7, 11) is 0. The number of pyridine rings is 1. The van der Waals surface area contributed by atoms with E-state index in [0.717, 1.165) is 40.0 Å². The lowest BCUT2D eigenvalue weighted by atomic mass is 9.88. The van der Waals surface area contributed by atoms with E-state index in [2.05, 4.69) is 41.0 Å². The Bertz CT molecular complexity index is 1240. The van der Waals surface area contributed by atoms with Crippen LogP contribution >= 0.6 is 0 Å². The van der Waals surface area contributed by atoms with Crippen molar-refractivity contribution in [2.75, 3.05) is 25.0 Å². The van der Waals surface area contributed by atoms with E-state index in [1.807, 2.05) is 26.8 Å². The highest BCUT2D eigenvalue weighted by atomic mass is 19.1. The van der Waals surface area contributed by atoms with Crippen molar-refractivity contribution >= 4 is 22.8 Å². The molecule has 0 saturated carbocycles. The number of benzene rings is 1. The van der Waals surface area contributed by atoms with Gasteiger partial charge in [-0.15, -0.1) is 0 Å². The fourth-order valence-electron chi connectivity index (χ4n) is 4.14. The lowest BCUT2D eigenvalue weighted by Crippen LogP contribution is -2.51. The number of amides is 2. The van der Waals surface area contributed by atoms with E-state index in [9.17, 15) is 9.18 Å². The number of nitrogens with one attached hydrogen (secondary N) is 1. The van der Waals surface area contributed by atoms with Crippen LogP contribution in [0, 0.1) is 25.1 Å². The van der Waals surface area contributed by atoms with Crippen molar-refractivity contribution in [3.8, 4) is 11.1 Å². The number of ether oxygens (including phenoxy) is 1. The molecular weight excluding hydrogens is 433 g/mol. The maximum atomic E-state index is 14.9. The maximum Gasteiger partial charge on any atom is 0.322 e. The Morgan fingerprint density at radius 1 is 1.21 bits per heavy atom. The van der Waals surface area contributed by atoms with Crippen LogP contribution in [0.1, 0.15) is 44.8 Å². The Labute approximate surface area is 199 Å². The number of rotatable bonds is 3. The van der Waals surface area contributed by atoms with E-state index < -0.39 is 5.82 Å². The Morgan fingerprint density at radius 3 is 2.68 bits per heavy atom. The van der Waals surface area contributed by atoms with Crippen LogP contribution in [0.4, 0.5) is 14.9 Å². The minimum absolute atomic E-state index is 0.0767. The predicted molar refractivity (Wildman–Crippen MR) is 131 cm³/mol. The van der Waals surface area contributed by atoms with Gasteiger partial charge in [0.15, 0.2) is 5.65 Å². The summed E-state index contributed by atoms with van der Waals surface area (Å²) in [5, 5.41) is 3.59. The van der Waals surface area contributed by atoms with Crippen LogP contribution in [0.15, 0.2) is 24.4 Å². The quantitative estimate of drug-likeness (QED) is 0.569. The number of hydrogen-bond donors (Lipinski definition) is 1. The number of fused-ring (bicyclic) bond motifs is 1. The smallest absolute Gasteiger partial charge is 0.322 e. The van der Waals surface area contributed by atoms with Crippen molar-refractivity contribution in [2.45, 2.75) is 54.1 Å². The fourth-order valence-corrected chi connectivity index (χ4v) is 4.14. The number of aryl methyl sites for hydroxylation is 3. The van der Waals surface area contributed by atoms with E-state index >= 15 is 0 Å². The van der Waals surface area contributed by atoms with Crippen LogP contribution in [-0.4, -0.2) is 51.7 Å². The molecule has 1 aromatic carbocycles. The first-order valence-electron chi connectivity index (χ1n) is 11.7. The summed E-state index contributed by atoms with van der Waals surface area (Å²) in [4.78, 5) is 28.2. The molecule has 0 bridgehead atoms. The van der Waals surface area contributed by atoms with Gasteiger partial charge < -0.3 is 15.0 Å². The molecule has 3 heterocycles. The number of aromatic nitrogens is 3. The summed E-state index contributed by atoms with van der Waals surface area (Å²) in [6.45, 7) is 13.4. The second kappa shape index (κ2) is 9.25. The maximum absolute atomic E-state index is 14.9. The summed E-state index contributed by atoms with van der Waals surface area (Å²) >= 11 is 0. The summed E-state index contributed by atoms with van der Waals surface area (Å²) in [5.74, 6) is 0.268. The van der Waals surface area contributed by atoms with Crippen LogP contribution in [0.5, 0.6) is 0 Å². The van der Waals surface area contributed by atoms with Crippen molar-refractivity contribution in [1.29, 1.82) is 0 Å². The molecule has 8 heteroatoms. The van der Waals surface area contributed by atoms with Gasteiger partial charge in [-0.25, -0.2) is 24.1 Å². The molecular formula is C26H32FN5O2. The SMILES string of the molecule is CCc1ncc2cc(-c3cc(NC(=O)N4CCO[C@@H](C(C)(C)C)C4)c(F)cc3C)c(C)nc2n1. The van der Waals surface area contributed by atoms with Crippen LogP contribution in [-0.2, 0) is 11.2 Å². The first kappa shape index (κ1) is 24.0. The number of morpholine rings is 1. The molecule has 7 nitrogen and oxygen atoms in total. The van der Waals surface area contributed by atoms with Crippen LogP contribution in [0.3, 0.4) is 0 Å². The first-order valence-corrected chi connectivity index (χ1v) is 11.7. The Balaban J connectivity index is 1.64. The summed E-state index contributed by atoms with van der Waals surface area (Å²) < 4.78 is 20.7. The van der Waals surface area contributed by atoms with Gasteiger partial charge in [0.2, 0.25) is 0 Å². The summed E-state index contributed by atoms with van der Waals surface area (Å²) in [5.41, 5.74) is 3.88. The fraction of sp³-hybridized carbons (Fsp3) is 0.462. The zero-order valence-electron chi connectivity index (χ0n) is 20.7. The number of nitrogens with zero attached hydrogens (tertiary/aromatic N) is 4. The monoisotopic (exact) mass is 465 g/mol. The molecule has 3 aromatic rings. The van der Waals surface area contributed by atoms with E-state index in [1.165, 1.54) is 6.07 Å². The van der Waals surface area contributed by atoms with Gasteiger partial charge in [-0.05, 0) is 48.6 Å². The van der Waals surface area contributed by atoms with Crippen LogP contribution < -0.4 is 5.32 Å². The van der Waals surface area contributed by atoms with E-state index in [4.69, 9.17) is 4.74 Å². The Kier molecular flexibility index (Phi) is 6.53. The minimum Gasteiger partial charge on any atom is -0.374 e. The zero-order chi connectivity index (χ0) is 24.6. The molecule has 0 unspecified atom stereocenters. The molecule has 0 aliphatic carbocycles. The third kappa shape index (κ3) is 4.87. The number of anilines is 1. The normalized spacial score (nSPS) is 16.7. The summed E-state index contributed by atoms with van der Waals surface area (Å²) in [6.07, 6.45) is 2.42. The lowest BCUT2D eigenvalue weighted by molar-refractivity contribution is -0.0664. The molecule has 1 aliphatic heterocycles. The molecule has 1 atom stereocenters. The average Bonchev–Trinajstić information content (AvgIpc) is 2.79. The Hall–Kier alpha value is -3.13. The second-order valence-corrected chi connectivity index (χ2v) is 9.92. The number of carbonyl (C=O) groups excluding carboxylic acids is 1. The van der Waals surface area contributed by atoms with Crippen LogP contribution in [0.25, 0.3) is 22.2 Å². The van der Waals surface area contributed by atoms with Crippen molar-refractivity contribution in [3.63, 3.8) is 0 Å². The van der Waals surface area contributed by atoms with Crippen molar-refractivity contribution in [3.05, 3.63) is 47.3 Å². The van der Waals surface area contributed by atoms with E-state index in [1.54, 1.807) is 17.2 Å². The van der Waals surface area contributed by atoms with Crippen molar-refractivity contribution < 1.29 is 13.9 Å². The van der Waals surface area contributed by atoms with Gasteiger partial charge in [-0.1, -0.05) is 27.7 Å². The van der Waals surface area contributed by atoms with Gasteiger partial charge in [0.1, 0.15) is 11.6 Å². The van der Waals surface area contributed by atoms with Crippen LogP contribution in [0.2, 0.25) is 0 Å². The van der Waals surface area contributed by atoms with Crippen molar-refractivity contribution in [2.24, 2.45) is 5.41 Å². The van der Waals surface area contributed by atoms with Gasteiger partial charge in [-0.3, -0.25) is 0 Å². The highest BCUT2D eigenvalue weighted by Crippen LogP contribution is 2.32. The second-order valence-electron chi connectivity index (χ2n) is 9.92. The number of urea groups is 1. The van der Waals surface area contributed by atoms with Gasteiger partial charge in [0, 0.05) is 42.4 Å². The third-order valence-electron chi connectivity index (χ3n) is 6.29. The van der Waals surface area contributed by atoms with E-state index in [0.29, 0.717) is 25.3 Å².